The van der Waals surface area contributed by atoms with E-state index in [1.54, 1.807) is 30.5 Å². The fraction of sp³-hybridized carbons (Fsp3) is 0.0690. The van der Waals surface area contributed by atoms with E-state index in [-0.39, 0.29) is 18.2 Å². The van der Waals surface area contributed by atoms with Crippen LogP contribution in [0.3, 0.4) is 0 Å². The lowest BCUT2D eigenvalue weighted by Gasteiger charge is -2.11. The zero-order valence-corrected chi connectivity index (χ0v) is 21.0. The lowest BCUT2D eigenvalue weighted by molar-refractivity contribution is -0.120. The van der Waals surface area contributed by atoms with Crippen molar-refractivity contribution in [1.29, 1.82) is 0 Å². The van der Waals surface area contributed by atoms with Crippen molar-refractivity contribution in [2.75, 3.05) is 5.32 Å². The highest BCUT2D eigenvalue weighted by Gasteiger charge is 2.12. The molecule has 0 aliphatic carbocycles. The van der Waals surface area contributed by atoms with Crippen molar-refractivity contribution in [3.05, 3.63) is 119 Å². The zero-order valence-electron chi connectivity index (χ0n) is 20.2. The lowest BCUT2D eigenvalue weighted by Crippen LogP contribution is -2.19. The number of nitrogens with one attached hydrogen (secondary N) is 2. The minimum atomic E-state index is -0.354. The molecule has 5 rings (SSSR count). The molecule has 2 N–H and O–H groups in total. The molecule has 4 aromatic carbocycles. The molecular weight excluding hydrogens is 498 g/mol. The molecular formula is C29H23N5O3S. The van der Waals surface area contributed by atoms with Crippen LogP contribution in [0.2, 0.25) is 0 Å². The Morgan fingerprint density at radius 2 is 1.63 bits per heavy atom. The Bertz CT molecular complexity index is 1600. The summed E-state index contributed by atoms with van der Waals surface area (Å²) in [7, 11) is 0. The van der Waals surface area contributed by atoms with Gasteiger partial charge in [-0.25, -0.2) is 5.43 Å². The first-order chi connectivity index (χ1) is 18.7. The third kappa shape index (κ3) is 6.26. The molecule has 8 nitrogen and oxygen atoms in total. The molecule has 0 aliphatic rings. The van der Waals surface area contributed by atoms with Gasteiger partial charge in [-0.3, -0.25) is 14.9 Å². The van der Waals surface area contributed by atoms with E-state index in [0.29, 0.717) is 28.1 Å². The Morgan fingerprint density at radius 3 is 2.53 bits per heavy atom. The van der Waals surface area contributed by atoms with Crippen LogP contribution in [0.4, 0.5) is 5.13 Å². The van der Waals surface area contributed by atoms with Gasteiger partial charge in [0, 0.05) is 11.1 Å². The summed E-state index contributed by atoms with van der Waals surface area (Å²) >= 11 is 1.13. The number of anilines is 1. The Kier molecular flexibility index (Phi) is 7.76. The van der Waals surface area contributed by atoms with Crippen LogP contribution in [0.5, 0.6) is 5.75 Å². The fourth-order valence-electron chi connectivity index (χ4n) is 3.78. The first-order valence-corrected chi connectivity index (χ1v) is 12.7. The minimum absolute atomic E-state index is 0.0184. The first-order valence-electron chi connectivity index (χ1n) is 11.8. The summed E-state index contributed by atoms with van der Waals surface area (Å²) in [5.74, 6) is 0.0116. The van der Waals surface area contributed by atoms with Gasteiger partial charge in [0.1, 0.15) is 17.4 Å². The molecule has 0 saturated heterocycles. The predicted molar refractivity (Wildman–Crippen MR) is 148 cm³/mol. The van der Waals surface area contributed by atoms with Gasteiger partial charge in [0.2, 0.25) is 11.0 Å². The molecule has 1 heterocycles. The van der Waals surface area contributed by atoms with E-state index in [4.69, 9.17) is 4.74 Å². The molecule has 0 radical (unpaired) electrons. The number of rotatable bonds is 9. The van der Waals surface area contributed by atoms with Crippen LogP contribution in [0.25, 0.3) is 10.8 Å². The van der Waals surface area contributed by atoms with Crippen LogP contribution >= 0.6 is 11.3 Å². The van der Waals surface area contributed by atoms with Crippen molar-refractivity contribution < 1.29 is 14.3 Å². The van der Waals surface area contributed by atoms with E-state index in [1.165, 1.54) is 0 Å². The number of hydrogen-bond donors (Lipinski definition) is 2. The molecule has 0 fully saturated rings. The average molecular weight is 522 g/mol. The minimum Gasteiger partial charge on any atom is -0.488 e. The van der Waals surface area contributed by atoms with Gasteiger partial charge in [0.05, 0.1) is 12.6 Å². The van der Waals surface area contributed by atoms with Gasteiger partial charge in [-0.15, -0.1) is 10.2 Å². The number of hydrogen-bond acceptors (Lipinski definition) is 7. The van der Waals surface area contributed by atoms with Gasteiger partial charge in [0.25, 0.3) is 5.91 Å². The topological polar surface area (TPSA) is 106 Å². The van der Waals surface area contributed by atoms with E-state index in [0.717, 1.165) is 33.2 Å². The van der Waals surface area contributed by atoms with Crippen LogP contribution in [-0.2, 0) is 17.8 Å². The SMILES string of the molecule is O=C(Cc1nnc(NC(=O)c2ccccc2)s1)N/N=C\c1ccccc1OCc1cccc2ccccc12. The number of hydrazone groups is 1. The summed E-state index contributed by atoms with van der Waals surface area (Å²) in [5.41, 5.74) is 4.83. The molecule has 9 heteroatoms. The lowest BCUT2D eigenvalue weighted by atomic mass is 10.1. The number of benzene rings is 4. The summed E-state index contributed by atoms with van der Waals surface area (Å²) in [5, 5.41) is 17.8. The molecule has 0 spiro atoms. The van der Waals surface area contributed by atoms with Crippen LogP contribution in [0.15, 0.2) is 102 Å². The van der Waals surface area contributed by atoms with Crippen molar-refractivity contribution >= 4 is 45.3 Å². The van der Waals surface area contributed by atoms with Gasteiger partial charge in [-0.05, 0) is 40.6 Å². The fourth-order valence-corrected chi connectivity index (χ4v) is 4.51. The number of para-hydroxylation sites is 1. The predicted octanol–water partition coefficient (Wildman–Crippen LogP) is 5.22. The first kappa shape index (κ1) is 24.8. The number of aromatic nitrogens is 2. The van der Waals surface area contributed by atoms with Crippen molar-refractivity contribution in [2.24, 2.45) is 5.10 Å². The van der Waals surface area contributed by atoms with E-state index in [9.17, 15) is 9.59 Å². The second-order valence-electron chi connectivity index (χ2n) is 8.26. The highest BCUT2D eigenvalue weighted by atomic mass is 32.1. The molecule has 2 amide bonds. The van der Waals surface area contributed by atoms with Gasteiger partial charge in [-0.2, -0.15) is 5.10 Å². The van der Waals surface area contributed by atoms with E-state index in [1.807, 2.05) is 54.6 Å². The summed E-state index contributed by atoms with van der Waals surface area (Å²) in [4.78, 5) is 24.6. The quantitative estimate of drug-likeness (QED) is 0.205. The molecule has 0 unspecified atom stereocenters. The molecule has 0 atom stereocenters. The van der Waals surface area contributed by atoms with Gasteiger partial charge in [0.15, 0.2) is 0 Å². The van der Waals surface area contributed by atoms with Crippen LogP contribution in [0, 0.1) is 0 Å². The molecule has 0 bridgehead atoms. The maximum absolute atomic E-state index is 12.4. The average Bonchev–Trinajstić information content (AvgIpc) is 3.39. The monoisotopic (exact) mass is 521 g/mol. The molecule has 1 aromatic heterocycles. The second kappa shape index (κ2) is 11.9. The molecule has 188 valence electrons. The number of fused-ring (bicyclic) bond motifs is 1. The smallest absolute Gasteiger partial charge is 0.257 e. The largest absolute Gasteiger partial charge is 0.488 e. The molecule has 0 aliphatic heterocycles. The Morgan fingerprint density at radius 1 is 0.868 bits per heavy atom. The summed E-state index contributed by atoms with van der Waals surface area (Å²) in [6.45, 7) is 0.402. The van der Waals surface area contributed by atoms with Crippen LogP contribution < -0.4 is 15.5 Å². The van der Waals surface area contributed by atoms with Crippen molar-refractivity contribution in [2.45, 2.75) is 13.0 Å². The molecule has 5 aromatic rings. The Balaban J connectivity index is 1.16. The molecule has 38 heavy (non-hydrogen) atoms. The number of carbonyl (C=O) groups is 2. The highest BCUT2D eigenvalue weighted by Crippen LogP contribution is 2.22. The van der Waals surface area contributed by atoms with Crippen LogP contribution in [0.1, 0.15) is 26.5 Å². The summed E-state index contributed by atoms with van der Waals surface area (Å²) in [6.07, 6.45) is 1.53. The normalized spacial score (nSPS) is 10.9. The number of carbonyl (C=O) groups excluding carboxylic acids is 2. The van der Waals surface area contributed by atoms with Gasteiger partial charge >= 0.3 is 0 Å². The zero-order chi connectivity index (χ0) is 26.2. The van der Waals surface area contributed by atoms with E-state index < -0.39 is 0 Å². The molecule has 0 saturated carbocycles. The Labute approximate surface area is 223 Å². The van der Waals surface area contributed by atoms with Crippen molar-refractivity contribution in [3.63, 3.8) is 0 Å². The van der Waals surface area contributed by atoms with Gasteiger partial charge in [-0.1, -0.05) is 84.1 Å². The summed E-state index contributed by atoms with van der Waals surface area (Å²) < 4.78 is 6.10. The third-order valence-corrected chi connectivity index (χ3v) is 6.45. The van der Waals surface area contributed by atoms with E-state index >= 15 is 0 Å². The van der Waals surface area contributed by atoms with Crippen molar-refractivity contribution in [1.82, 2.24) is 15.6 Å². The maximum atomic E-state index is 12.4. The van der Waals surface area contributed by atoms with Crippen molar-refractivity contribution in [3.8, 4) is 5.75 Å². The maximum Gasteiger partial charge on any atom is 0.257 e. The highest BCUT2D eigenvalue weighted by molar-refractivity contribution is 7.15. The number of nitrogens with zero attached hydrogens (tertiary/aromatic N) is 3. The summed E-state index contributed by atoms with van der Waals surface area (Å²) in [6, 6.07) is 30.6. The standard InChI is InChI=1S/C29H23N5O3S/c35-26(17-27-33-34-29(38-27)31-28(36)21-10-2-1-3-11-21)32-30-18-22-12-5-7-16-25(22)37-19-23-14-8-13-20-9-4-6-15-24(20)23/h1-16,18H,17,19H2,(H,32,35)(H,31,34,36)/b30-18-. The second-order valence-corrected chi connectivity index (χ2v) is 9.32. The third-order valence-electron chi connectivity index (χ3n) is 5.61. The van der Waals surface area contributed by atoms with Crippen LogP contribution in [-0.4, -0.2) is 28.2 Å². The number of ether oxygens (including phenoxy) is 1. The number of amides is 2. The Hall–Kier alpha value is -4.89. The van der Waals surface area contributed by atoms with Gasteiger partial charge < -0.3 is 4.74 Å². The van der Waals surface area contributed by atoms with E-state index in [2.05, 4.69) is 44.2 Å².